The minimum absolute atomic E-state index is 0.0564. The zero-order chi connectivity index (χ0) is 21.7. The van der Waals surface area contributed by atoms with Crippen molar-refractivity contribution in [3.63, 3.8) is 0 Å². The summed E-state index contributed by atoms with van der Waals surface area (Å²) >= 11 is 0. The quantitative estimate of drug-likeness (QED) is 0.745. The van der Waals surface area contributed by atoms with Crippen LogP contribution in [0.5, 0.6) is 0 Å². The Hall–Kier alpha value is -3.66. The van der Waals surface area contributed by atoms with Crippen molar-refractivity contribution in [2.24, 2.45) is 5.92 Å². The summed E-state index contributed by atoms with van der Waals surface area (Å²) in [6.07, 6.45) is -0.178. The van der Waals surface area contributed by atoms with E-state index in [9.17, 15) is 14.4 Å². The fraction of sp³-hybridized carbons (Fsp3) is 0.304. The van der Waals surface area contributed by atoms with Gasteiger partial charge in [-0.05, 0) is 49.2 Å². The molecule has 1 fully saturated rings. The Balaban J connectivity index is 1.59. The monoisotopic (exact) mass is 405 g/mol. The SMILES string of the molecule is CCc1ccccc1N1C[C@H](C(=O)O[C@@H](C)C(=O)Nc2ccc(C#N)cc2)CC1=O. The topological polar surface area (TPSA) is 99.5 Å². The van der Waals surface area contributed by atoms with Gasteiger partial charge in [-0.3, -0.25) is 14.4 Å². The lowest BCUT2D eigenvalue weighted by atomic mass is 10.1. The van der Waals surface area contributed by atoms with Crippen molar-refractivity contribution in [2.45, 2.75) is 32.8 Å². The molecule has 1 aliphatic rings. The van der Waals surface area contributed by atoms with Crippen LogP contribution in [0.25, 0.3) is 0 Å². The maximum Gasteiger partial charge on any atom is 0.312 e. The van der Waals surface area contributed by atoms with Crippen molar-refractivity contribution in [1.29, 1.82) is 5.26 Å². The minimum Gasteiger partial charge on any atom is -0.452 e. The smallest absolute Gasteiger partial charge is 0.312 e. The third-order valence-corrected chi connectivity index (χ3v) is 5.07. The first kappa shape index (κ1) is 21.1. The van der Waals surface area contributed by atoms with E-state index in [2.05, 4.69) is 5.32 Å². The van der Waals surface area contributed by atoms with E-state index in [4.69, 9.17) is 10.00 Å². The van der Waals surface area contributed by atoms with Crippen LogP contribution in [0.15, 0.2) is 48.5 Å². The second-order valence-corrected chi connectivity index (χ2v) is 7.15. The molecule has 0 bridgehead atoms. The zero-order valence-corrected chi connectivity index (χ0v) is 16.9. The van der Waals surface area contributed by atoms with Crippen molar-refractivity contribution in [1.82, 2.24) is 0 Å². The van der Waals surface area contributed by atoms with Gasteiger partial charge in [0.1, 0.15) is 0 Å². The number of nitriles is 1. The largest absolute Gasteiger partial charge is 0.452 e. The molecular weight excluding hydrogens is 382 g/mol. The van der Waals surface area contributed by atoms with Crippen LogP contribution in [0, 0.1) is 17.2 Å². The molecule has 0 aromatic heterocycles. The molecule has 0 saturated carbocycles. The number of nitrogens with one attached hydrogen (secondary N) is 1. The molecule has 0 radical (unpaired) electrons. The highest BCUT2D eigenvalue weighted by atomic mass is 16.5. The van der Waals surface area contributed by atoms with E-state index in [1.54, 1.807) is 29.2 Å². The summed E-state index contributed by atoms with van der Waals surface area (Å²) in [4.78, 5) is 39.0. The number of esters is 1. The molecular formula is C23H23N3O4. The third-order valence-electron chi connectivity index (χ3n) is 5.07. The summed E-state index contributed by atoms with van der Waals surface area (Å²) in [5, 5.41) is 11.5. The Kier molecular flexibility index (Phi) is 6.48. The summed E-state index contributed by atoms with van der Waals surface area (Å²) in [6.45, 7) is 3.73. The maximum atomic E-state index is 12.6. The molecule has 2 aromatic rings. The van der Waals surface area contributed by atoms with Gasteiger partial charge in [0.15, 0.2) is 6.10 Å². The van der Waals surface area contributed by atoms with Crippen LogP contribution >= 0.6 is 0 Å². The summed E-state index contributed by atoms with van der Waals surface area (Å²) in [6, 6.07) is 16.0. The minimum atomic E-state index is -1.01. The Morgan fingerprint density at radius 3 is 2.60 bits per heavy atom. The van der Waals surface area contributed by atoms with Gasteiger partial charge in [-0.1, -0.05) is 25.1 Å². The summed E-state index contributed by atoms with van der Waals surface area (Å²) in [5.74, 6) is -1.80. The van der Waals surface area contributed by atoms with Gasteiger partial charge >= 0.3 is 5.97 Å². The van der Waals surface area contributed by atoms with Gasteiger partial charge in [0.2, 0.25) is 5.91 Å². The van der Waals surface area contributed by atoms with E-state index >= 15 is 0 Å². The number of para-hydroxylation sites is 1. The lowest BCUT2D eigenvalue weighted by Gasteiger charge is -2.20. The Labute approximate surface area is 175 Å². The average Bonchev–Trinajstić information content (AvgIpc) is 3.15. The van der Waals surface area contributed by atoms with Crippen LogP contribution in [0.2, 0.25) is 0 Å². The predicted octanol–water partition coefficient (Wildman–Crippen LogP) is 3.04. The van der Waals surface area contributed by atoms with Gasteiger partial charge in [0.05, 0.1) is 17.6 Å². The normalized spacial score (nSPS) is 16.6. The van der Waals surface area contributed by atoms with Gasteiger partial charge in [0, 0.05) is 24.3 Å². The van der Waals surface area contributed by atoms with Crippen LogP contribution in [-0.2, 0) is 25.5 Å². The Morgan fingerprint density at radius 2 is 1.93 bits per heavy atom. The Bertz CT molecular complexity index is 994. The molecule has 1 heterocycles. The molecule has 2 amide bonds. The molecule has 0 aliphatic carbocycles. The van der Waals surface area contributed by atoms with Gasteiger partial charge in [-0.15, -0.1) is 0 Å². The average molecular weight is 405 g/mol. The van der Waals surface area contributed by atoms with Gasteiger partial charge in [0.25, 0.3) is 5.91 Å². The van der Waals surface area contributed by atoms with Crippen LogP contribution in [0.4, 0.5) is 11.4 Å². The van der Waals surface area contributed by atoms with E-state index in [0.717, 1.165) is 17.7 Å². The number of hydrogen-bond donors (Lipinski definition) is 1. The van der Waals surface area contributed by atoms with Crippen molar-refractivity contribution in [3.8, 4) is 6.07 Å². The molecule has 1 aliphatic heterocycles. The lowest BCUT2D eigenvalue weighted by molar-refractivity contribution is -0.157. The number of hydrogen-bond acceptors (Lipinski definition) is 5. The number of ether oxygens (including phenoxy) is 1. The molecule has 0 unspecified atom stereocenters. The zero-order valence-electron chi connectivity index (χ0n) is 16.9. The van der Waals surface area contributed by atoms with E-state index < -0.39 is 23.9 Å². The molecule has 7 heteroatoms. The van der Waals surface area contributed by atoms with Crippen LogP contribution in [0.3, 0.4) is 0 Å². The highest BCUT2D eigenvalue weighted by molar-refractivity contribution is 6.01. The van der Waals surface area contributed by atoms with Crippen LogP contribution in [0.1, 0.15) is 31.4 Å². The van der Waals surface area contributed by atoms with Crippen molar-refractivity contribution in [2.75, 3.05) is 16.8 Å². The van der Waals surface area contributed by atoms with E-state index in [1.165, 1.54) is 6.92 Å². The van der Waals surface area contributed by atoms with Gasteiger partial charge in [-0.2, -0.15) is 5.26 Å². The molecule has 2 atom stereocenters. The first-order valence-corrected chi connectivity index (χ1v) is 9.82. The van der Waals surface area contributed by atoms with E-state index in [-0.39, 0.29) is 18.9 Å². The number of benzene rings is 2. The summed E-state index contributed by atoms with van der Waals surface area (Å²) in [7, 11) is 0. The van der Waals surface area contributed by atoms with Crippen molar-refractivity contribution in [3.05, 3.63) is 59.7 Å². The van der Waals surface area contributed by atoms with E-state index in [1.807, 2.05) is 37.3 Å². The molecule has 7 nitrogen and oxygen atoms in total. The highest BCUT2D eigenvalue weighted by Gasteiger charge is 2.37. The molecule has 2 aromatic carbocycles. The molecule has 3 rings (SSSR count). The second kappa shape index (κ2) is 9.23. The van der Waals surface area contributed by atoms with Crippen molar-refractivity contribution < 1.29 is 19.1 Å². The van der Waals surface area contributed by atoms with Gasteiger partial charge in [-0.25, -0.2) is 0 Å². The summed E-state index contributed by atoms with van der Waals surface area (Å²) < 4.78 is 5.32. The fourth-order valence-corrected chi connectivity index (χ4v) is 3.37. The van der Waals surface area contributed by atoms with E-state index in [0.29, 0.717) is 11.3 Å². The maximum absolute atomic E-state index is 12.6. The molecule has 154 valence electrons. The Morgan fingerprint density at radius 1 is 1.23 bits per heavy atom. The number of aryl methyl sites for hydroxylation is 1. The molecule has 0 spiro atoms. The van der Waals surface area contributed by atoms with Gasteiger partial charge < -0.3 is 15.0 Å². The number of nitrogens with zero attached hydrogens (tertiary/aromatic N) is 2. The summed E-state index contributed by atoms with van der Waals surface area (Å²) in [5.41, 5.74) is 2.83. The number of anilines is 2. The highest BCUT2D eigenvalue weighted by Crippen LogP contribution is 2.29. The molecule has 1 saturated heterocycles. The fourth-order valence-electron chi connectivity index (χ4n) is 3.37. The number of rotatable bonds is 6. The standard InChI is InChI=1S/C23H23N3O4/c1-3-17-6-4-5-7-20(17)26-14-18(12-21(26)27)23(29)30-15(2)22(28)25-19-10-8-16(13-24)9-11-19/h4-11,15,18H,3,12,14H2,1-2H3,(H,25,28)/t15-,18+/m0/s1. The lowest BCUT2D eigenvalue weighted by Crippen LogP contribution is -2.33. The van der Waals surface area contributed by atoms with Crippen molar-refractivity contribution >= 4 is 29.2 Å². The molecule has 30 heavy (non-hydrogen) atoms. The first-order valence-electron chi connectivity index (χ1n) is 9.82. The predicted molar refractivity (Wildman–Crippen MR) is 112 cm³/mol. The van der Waals surface area contributed by atoms with Crippen LogP contribution in [-0.4, -0.2) is 30.4 Å². The van der Waals surface area contributed by atoms with Crippen LogP contribution < -0.4 is 10.2 Å². The third kappa shape index (κ3) is 4.66. The number of amides is 2. The number of carbonyl (C=O) groups is 3. The second-order valence-electron chi connectivity index (χ2n) is 7.15. The number of carbonyl (C=O) groups excluding carboxylic acids is 3. The first-order chi connectivity index (χ1) is 14.4. The molecule has 1 N–H and O–H groups in total.